The molecule has 0 unspecified atom stereocenters. The van der Waals surface area contributed by atoms with Crippen molar-refractivity contribution in [2.75, 3.05) is 6.61 Å². The highest BCUT2D eigenvalue weighted by molar-refractivity contribution is 5.38. The van der Waals surface area contributed by atoms with E-state index in [0.29, 0.717) is 12.4 Å². The normalized spacial score (nSPS) is 9.73. The van der Waals surface area contributed by atoms with E-state index in [1.807, 2.05) is 0 Å². The molecule has 0 aromatic heterocycles. The van der Waals surface area contributed by atoms with Crippen LogP contribution in [0, 0.1) is 20.2 Å². The zero-order valence-corrected chi connectivity index (χ0v) is 14.5. The van der Waals surface area contributed by atoms with Crippen LogP contribution in [0.1, 0.15) is 32.6 Å². The van der Waals surface area contributed by atoms with E-state index in [1.165, 1.54) is 43.2 Å². The Morgan fingerprint density at radius 3 is 2.08 bits per heavy atom. The van der Waals surface area contributed by atoms with Gasteiger partial charge in [0, 0.05) is 12.1 Å². The summed E-state index contributed by atoms with van der Waals surface area (Å²) < 4.78 is 5.44. The van der Waals surface area contributed by atoms with E-state index >= 15 is 0 Å². The van der Waals surface area contributed by atoms with Crippen molar-refractivity contribution >= 4 is 11.4 Å². The Morgan fingerprint density at radius 2 is 1.54 bits per heavy atom. The van der Waals surface area contributed by atoms with Crippen LogP contribution in [-0.4, -0.2) is 21.6 Å². The van der Waals surface area contributed by atoms with Crippen LogP contribution >= 0.6 is 0 Å². The summed E-state index contributed by atoms with van der Waals surface area (Å²) in [4.78, 5) is 19.6. The van der Waals surface area contributed by atoms with Gasteiger partial charge in [-0.2, -0.15) is 0 Å². The van der Waals surface area contributed by atoms with Gasteiger partial charge < -0.3 is 9.84 Å². The van der Waals surface area contributed by atoms with Crippen LogP contribution in [0.15, 0.2) is 48.5 Å². The van der Waals surface area contributed by atoms with Crippen molar-refractivity contribution in [3.05, 3.63) is 68.8 Å². The number of aromatic hydroxyl groups is 1. The number of phenols is 1. The van der Waals surface area contributed by atoms with Gasteiger partial charge in [-0.25, -0.2) is 0 Å². The van der Waals surface area contributed by atoms with Gasteiger partial charge in [0.05, 0.1) is 28.6 Å². The molecule has 2 aromatic rings. The molecule has 0 atom stereocenters. The average molecular weight is 362 g/mol. The maximum atomic E-state index is 10.5. The number of nitro benzene ring substituents is 2. The van der Waals surface area contributed by atoms with Crippen LogP contribution in [0.3, 0.4) is 0 Å². The standard InChI is InChI=1S/C12H17NO3.C6H5NO3/c1-2-3-4-5-9-16-12-8-6-7-11(10-12)13(14)15;8-6-3-1-2-5(4-6)7(9)10/h6-8,10H,2-5,9H2,1H3;1-4,8H. The van der Waals surface area contributed by atoms with Gasteiger partial charge in [0.25, 0.3) is 11.4 Å². The number of phenolic OH excluding ortho intramolecular Hbond substituents is 1. The van der Waals surface area contributed by atoms with E-state index in [-0.39, 0.29) is 17.1 Å². The maximum absolute atomic E-state index is 10.5. The summed E-state index contributed by atoms with van der Waals surface area (Å²) in [7, 11) is 0. The summed E-state index contributed by atoms with van der Waals surface area (Å²) in [6, 6.07) is 11.5. The molecule has 2 aromatic carbocycles. The van der Waals surface area contributed by atoms with Gasteiger partial charge >= 0.3 is 0 Å². The summed E-state index contributed by atoms with van der Waals surface area (Å²) in [5.74, 6) is 0.486. The van der Waals surface area contributed by atoms with Gasteiger partial charge in [-0.15, -0.1) is 0 Å². The largest absolute Gasteiger partial charge is 0.508 e. The minimum absolute atomic E-state index is 0.0751. The smallest absolute Gasteiger partial charge is 0.273 e. The zero-order valence-electron chi connectivity index (χ0n) is 14.5. The van der Waals surface area contributed by atoms with E-state index in [1.54, 1.807) is 12.1 Å². The van der Waals surface area contributed by atoms with Crippen LogP contribution in [0.5, 0.6) is 11.5 Å². The number of hydrogen-bond donors (Lipinski definition) is 1. The lowest BCUT2D eigenvalue weighted by molar-refractivity contribution is -0.385. The van der Waals surface area contributed by atoms with Gasteiger partial charge in [0.15, 0.2) is 0 Å². The molecule has 0 spiro atoms. The number of ether oxygens (including phenoxy) is 1. The third kappa shape index (κ3) is 8.09. The SMILES string of the molecule is CCCCCCOc1cccc([N+](=O)[O-])c1.O=[N+]([O-])c1cccc(O)c1. The molecule has 0 aliphatic rings. The highest BCUT2D eigenvalue weighted by Crippen LogP contribution is 2.19. The molecule has 0 aliphatic carbocycles. The topological polar surface area (TPSA) is 116 Å². The molecule has 0 amide bonds. The molecule has 0 saturated heterocycles. The van der Waals surface area contributed by atoms with Gasteiger partial charge in [-0.1, -0.05) is 38.3 Å². The Kier molecular flexibility index (Phi) is 9.16. The Hall–Kier alpha value is -3.16. The van der Waals surface area contributed by atoms with Crippen molar-refractivity contribution in [1.29, 1.82) is 0 Å². The van der Waals surface area contributed by atoms with Gasteiger partial charge in [-0.3, -0.25) is 20.2 Å². The first kappa shape index (κ1) is 20.9. The summed E-state index contributed by atoms with van der Waals surface area (Å²) in [5, 5.41) is 29.3. The fourth-order valence-electron chi connectivity index (χ4n) is 2.01. The number of hydrogen-bond acceptors (Lipinski definition) is 6. The monoisotopic (exact) mass is 362 g/mol. The van der Waals surface area contributed by atoms with Crippen molar-refractivity contribution in [3.63, 3.8) is 0 Å². The van der Waals surface area contributed by atoms with Crippen molar-refractivity contribution in [2.24, 2.45) is 0 Å². The van der Waals surface area contributed by atoms with E-state index in [2.05, 4.69) is 6.92 Å². The molecular weight excluding hydrogens is 340 g/mol. The number of nitro groups is 2. The summed E-state index contributed by atoms with van der Waals surface area (Å²) in [5.41, 5.74) is -0.0222. The van der Waals surface area contributed by atoms with E-state index in [4.69, 9.17) is 9.84 Å². The maximum Gasteiger partial charge on any atom is 0.273 e. The lowest BCUT2D eigenvalue weighted by atomic mass is 10.2. The first-order chi connectivity index (χ1) is 12.4. The Morgan fingerprint density at radius 1 is 0.923 bits per heavy atom. The summed E-state index contributed by atoms with van der Waals surface area (Å²) in [6.07, 6.45) is 4.54. The number of nitrogens with zero attached hydrogens (tertiary/aromatic N) is 2. The van der Waals surface area contributed by atoms with E-state index in [9.17, 15) is 20.2 Å². The molecule has 0 radical (unpaired) electrons. The zero-order chi connectivity index (χ0) is 19.4. The van der Waals surface area contributed by atoms with Gasteiger partial charge in [0.2, 0.25) is 0 Å². The molecule has 0 aliphatic heterocycles. The Bertz CT molecular complexity index is 720. The minimum atomic E-state index is -0.556. The highest BCUT2D eigenvalue weighted by atomic mass is 16.6. The first-order valence-electron chi connectivity index (χ1n) is 8.24. The first-order valence-corrected chi connectivity index (χ1v) is 8.24. The molecular formula is C18H22N2O6. The van der Waals surface area contributed by atoms with Crippen LogP contribution < -0.4 is 4.74 Å². The van der Waals surface area contributed by atoms with E-state index in [0.717, 1.165) is 18.9 Å². The summed E-state index contributed by atoms with van der Waals surface area (Å²) >= 11 is 0. The number of benzene rings is 2. The fraction of sp³-hybridized carbons (Fsp3) is 0.333. The Labute approximate surface area is 151 Å². The lowest BCUT2D eigenvalue weighted by Crippen LogP contribution is -1.97. The highest BCUT2D eigenvalue weighted by Gasteiger charge is 2.05. The molecule has 0 saturated carbocycles. The van der Waals surface area contributed by atoms with Crippen LogP contribution in [-0.2, 0) is 0 Å². The van der Waals surface area contributed by atoms with Gasteiger partial charge in [0.1, 0.15) is 11.5 Å². The number of rotatable bonds is 8. The van der Waals surface area contributed by atoms with Crippen molar-refractivity contribution < 1.29 is 19.7 Å². The quantitative estimate of drug-likeness (QED) is 0.407. The second-order valence-electron chi connectivity index (χ2n) is 5.44. The predicted molar refractivity (Wildman–Crippen MR) is 97.5 cm³/mol. The molecule has 2 rings (SSSR count). The molecule has 140 valence electrons. The molecule has 26 heavy (non-hydrogen) atoms. The number of non-ortho nitro benzene ring substituents is 2. The summed E-state index contributed by atoms with van der Waals surface area (Å²) in [6.45, 7) is 2.78. The van der Waals surface area contributed by atoms with E-state index < -0.39 is 9.85 Å². The third-order valence-corrected chi connectivity index (χ3v) is 3.34. The van der Waals surface area contributed by atoms with Crippen molar-refractivity contribution in [1.82, 2.24) is 0 Å². The molecule has 8 heteroatoms. The fourth-order valence-corrected chi connectivity index (χ4v) is 2.01. The average Bonchev–Trinajstić information content (AvgIpc) is 2.62. The van der Waals surface area contributed by atoms with Crippen LogP contribution in [0.4, 0.5) is 11.4 Å². The lowest BCUT2D eigenvalue weighted by Gasteiger charge is -2.05. The van der Waals surface area contributed by atoms with Gasteiger partial charge in [-0.05, 0) is 18.6 Å². The van der Waals surface area contributed by atoms with Crippen molar-refractivity contribution in [2.45, 2.75) is 32.6 Å². The number of unbranched alkanes of at least 4 members (excludes halogenated alkanes) is 3. The second kappa shape index (κ2) is 11.4. The molecule has 0 heterocycles. The molecule has 0 bridgehead atoms. The predicted octanol–water partition coefficient (Wildman–Crippen LogP) is 4.85. The molecule has 1 N–H and O–H groups in total. The van der Waals surface area contributed by atoms with Crippen molar-refractivity contribution in [3.8, 4) is 11.5 Å². The third-order valence-electron chi connectivity index (χ3n) is 3.34. The molecule has 8 nitrogen and oxygen atoms in total. The van der Waals surface area contributed by atoms with Crippen LogP contribution in [0.25, 0.3) is 0 Å². The second-order valence-corrected chi connectivity index (χ2v) is 5.44. The van der Waals surface area contributed by atoms with Crippen LogP contribution in [0.2, 0.25) is 0 Å². The molecule has 0 fully saturated rings. The minimum Gasteiger partial charge on any atom is -0.508 e. The Balaban J connectivity index is 0.000000289.